The topological polar surface area (TPSA) is 29.4 Å². The first-order valence-corrected chi connectivity index (χ1v) is 5.29. The number of hydrogen-bond donors (Lipinski definition) is 0. The average molecular weight is 262 g/mol. The van der Waals surface area contributed by atoms with Crippen molar-refractivity contribution in [3.05, 3.63) is 57.9 Å². The lowest BCUT2D eigenvalue weighted by Gasteiger charge is -2.03. The molecule has 0 fully saturated rings. The fraction of sp³-hybridized carbons (Fsp3) is 0. The second kappa shape index (κ2) is 4.36. The second-order valence-electron chi connectivity index (χ2n) is 3.12. The van der Waals surface area contributed by atoms with Crippen LogP contribution in [0.3, 0.4) is 0 Å². The summed E-state index contributed by atoms with van der Waals surface area (Å²) in [5.41, 5.74) is 2.31. The molecule has 0 bridgehead atoms. The largest absolute Gasteiger partial charge is 0.145 e. The Balaban J connectivity index is 2.58. The lowest BCUT2D eigenvalue weighted by molar-refractivity contribution is 1.47. The SMILES string of the molecule is O=Nc1cc(Br)ccc1-c1ccccc1. The highest BCUT2D eigenvalue weighted by Gasteiger charge is 2.05. The monoisotopic (exact) mass is 261 g/mol. The van der Waals surface area contributed by atoms with Gasteiger partial charge in [0.15, 0.2) is 0 Å². The third-order valence-corrected chi connectivity index (χ3v) is 2.64. The van der Waals surface area contributed by atoms with Crippen molar-refractivity contribution in [2.24, 2.45) is 5.18 Å². The molecule has 0 saturated heterocycles. The quantitative estimate of drug-likeness (QED) is 0.732. The molecule has 15 heavy (non-hydrogen) atoms. The minimum Gasteiger partial charge on any atom is -0.145 e. The molecule has 0 atom stereocenters. The summed E-state index contributed by atoms with van der Waals surface area (Å²) in [6.45, 7) is 0. The lowest BCUT2D eigenvalue weighted by atomic mass is 10.0. The van der Waals surface area contributed by atoms with E-state index in [1.54, 1.807) is 6.07 Å². The Morgan fingerprint density at radius 1 is 1.00 bits per heavy atom. The van der Waals surface area contributed by atoms with E-state index in [1.165, 1.54) is 0 Å². The van der Waals surface area contributed by atoms with Gasteiger partial charge in [-0.05, 0) is 22.9 Å². The summed E-state index contributed by atoms with van der Waals surface area (Å²) in [4.78, 5) is 10.7. The van der Waals surface area contributed by atoms with E-state index in [-0.39, 0.29) is 0 Å². The van der Waals surface area contributed by atoms with Crippen molar-refractivity contribution < 1.29 is 0 Å². The molecule has 2 rings (SSSR count). The van der Waals surface area contributed by atoms with E-state index in [1.807, 2.05) is 42.5 Å². The molecule has 0 aromatic heterocycles. The fourth-order valence-corrected chi connectivity index (χ4v) is 1.79. The van der Waals surface area contributed by atoms with Gasteiger partial charge in [0.1, 0.15) is 5.69 Å². The van der Waals surface area contributed by atoms with Crippen molar-refractivity contribution in [3.8, 4) is 11.1 Å². The van der Waals surface area contributed by atoms with E-state index in [0.717, 1.165) is 15.6 Å². The Morgan fingerprint density at radius 2 is 1.73 bits per heavy atom. The molecular formula is C12H8BrNO. The number of hydrogen-bond acceptors (Lipinski definition) is 2. The van der Waals surface area contributed by atoms with Gasteiger partial charge in [0.25, 0.3) is 0 Å². The van der Waals surface area contributed by atoms with E-state index in [4.69, 9.17) is 0 Å². The molecule has 2 aromatic carbocycles. The Kier molecular flexibility index (Phi) is 2.92. The van der Waals surface area contributed by atoms with Crippen molar-refractivity contribution in [1.29, 1.82) is 0 Å². The van der Waals surface area contributed by atoms with E-state index in [2.05, 4.69) is 21.1 Å². The summed E-state index contributed by atoms with van der Waals surface area (Å²) >= 11 is 3.31. The molecule has 0 saturated carbocycles. The van der Waals surface area contributed by atoms with Gasteiger partial charge in [-0.2, -0.15) is 0 Å². The van der Waals surface area contributed by atoms with Gasteiger partial charge >= 0.3 is 0 Å². The highest BCUT2D eigenvalue weighted by Crippen LogP contribution is 2.32. The smallest absolute Gasteiger partial charge is 0.116 e. The van der Waals surface area contributed by atoms with Gasteiger partial charge in [0, 0.05) is 10.0 Å². The first kappa shape index (κ1) is 10.1. The minimum absolute atomic E-state index is 0.454. The van der Waals surface area contributed by atoms with Crippen LogP contribution in [-0.4, -0.2) is 0 Å². The predicted molar refractivity (Wildman–Crippen MR) is 65.0 cm³/mol. The van der Waals surface area contributed by atoms with Crippen molar-refractivity contribution in [2.45, 2.75) is 0 Å². The summed E-state index contributed by atoms with van der Waals surface area (Å²) in [6.07, 6.45) is 0. The minimum atomic E-state index is 0.454. The van der Waals surface area contributed by atoms with Crippen LogP contribution in [0.4, 0.5) is 5.69 Å². The Bertz CT molecular complexity index is 482. The van der Waals surface area contributed by atoms with Crippen molar-refractivity contribution in [3.63, 3.8) is 0 Å². The molecule has 3 heteroatoms. The number of rotatable bonds is 2. The van der Waals surface area contributed by atoms with E-state index in [9.17, 15) is 4.91 Å². The van der Waals surface area contributed by atoms with Crippen molar-refractivity contribution in [1.82, 2.24) is 0 Å². The van der Waals surface area contributed by atoms with Crippen LogP contribution in [0.1, 0.15) is 0 Å². The molecule has 0 heterocycles. The molecule has 0 spiro atoms. The molecule has 0 aliphatic rings. The first-order chi connectivity index (χ1) is 7.31. The zero-order valence-electron chi connectivity index (χ0n) is 7.85. The normalized spacial score (nSPS) is 9.93. The maximum Gasteiger partial charge on any atom is 0.116 e. The van der Waals surface area contributed by atoms with Crippen LogP contribution in [0, 0.1) is 4.91 Å². The van der Waals surface area contributed by atoms with Crippen LogP contribution in [-0.2, 0) is 0 Å². The zero-order valence-corrected chi connectivity index (χ0v) is 9.44. The van der Waals surface area contributed by atoms with Crippen molar-refractivity contribution >= 4 is 21.6 Å². The summed E-state index contributed by atoms with van der Waals surface area (Å²) < 4.78 is 0.858. The number of benzene rings is 2. The molecule has 0 radical (unpaired) electrons. The summed E-state index contributed by atoms with van der Waals surface area (Å²) in [7, 11) is 0. The Morgan fingerprint density at radius 3 is 2.40 bits per heavy atom. The fourth-order valence-electron chi connectivity index (χ4n) is 1.44. The Labute approximate surface area is 96.1 Å². The third kappa shape index (κ3) is 2.13. The van der Waals surface area contributed by atoms with E-state index >= 15 is 0 Å². The van der Waals surface area contributed by atoms with Gasteiger partial charge in [0.05, 0.1) is 0 Å². The van der Waals surface area contributed by atoms with Gasteiger partial charge in [-0.25, -0.2) is 0 Å². The molecular weight excluding hydrogens is 254 g/mol. The highest BCUT2D eigenvalue weighted by atomic mass is 79.9. The van der Waals surface area contributed by atoms with Crippen LogP contribution < -0.4 is 0 Å². The predicted octanol–water partition coefficient (Wildman–Crippen LogP) is 4.51. The summed E-state index contributed by atoms with van der Waals surface area (Å²) in [6, 6.07) is 15.2. The van der Waals surface area contributed by atoms with Gasteiger partial charge in [-0.3, -0.25) is 0 Å². The van der Waals surface area contributed by atoms with E-state index in [0.29, 0.717) is 5.69 Å². The molecule has 0 amide bonds. The number of nitroso groups, excluding NO2 is 1. The van der Waals surface area contributed by atoms with Gasteiger partial charge in [-0.1, -0.05) is 52.3 Å². The first-order valence-electron chi connectivity index (χ1n) is 4.49. The van der Waals surface area contributed by atoms with Crippen molar-refractivity contribution in [2.75, 3.05) is 0 Å². The molecule has 0 unspecified atom stereocenters. The highest BCUT2D eigenvalue weighted by molar-refractivity contribution is 9.10. The molecule has 0 aliphatic heterocycles. The molecule has 74 valence electrons. The Hall–Kier alpha value is -1.48. The van der Waals surface area contributed by atoms with Crippen LogP contribution in [0.2, 0.25) is 0 Å². The maximum atomic E-state index is 10.7. The average Bonchev–Trinajstić information content (AvgIpc) is 2.30. The molecule has 0 N–H and O–H groups in total. The number of nitrogens with zero attached hydrogens (tertiary/aromatic N) is 1. The van der Waals surface area contributed by atoms with Crippen LogP contribution in [0.25, 0.3) is 11.1 Å². The van der Waals surface area contributed by atoms with Crippen LogP contribution in [0.15, 0.2) is 58.2 Å². The van der Waals surface area contributed by atoms with Gasteiger partial charge in [0.2, 0.25) is 0 Å². The zero-order chi connectivity index (χ0) is 10.7. The third-order valence-electron chi connectivity index (χ3n) is 2.14. The van der Waals surface area contributed by atoms with Crippen LogP contribution >= 0.6 is 15.9 Å². The van der Waals surface area contributed by atoms with Gasteiger partial charge < -0.3 is 0 Å². The number of halogens is 1. The maximum absolute atomic E-state index is 10.7. The summed E-state index contributed by atoms with van der Waals surface area (Å²) in [5, 5.41) is 3.03. The molecule has 0 aliphatic carbocycles. The standard InChI is InChI=1S/C12H8BrNO/c13-10-6-7-11(12(8-10)14-15)9-4-2-1-3-5-9/h1-8H. The second-order valence-corrected chi connectivity index (χ2v) is 4.03. The van der Waals surface area contributed by atoms with E-state index < -0.39 is 0 Å². The lowest BCUT2D eigenvalue weighted by Crippen LogP contribution is -1.78. The van der Waals surface area contributed by atoms with Crippen LogP contribution in [0.5, 0.6) is 0 Å². The molecule has 2 nitrogen and oxygen atoms in total. The van der Waals surface area contributed by atoms with Gasteiger partial charge in [-0.15, -0.1) is 4.91 Å². The summed E-state index contributed by atoms with van der Waals surface area (Å²) in [5.74, 6) is 0. The molecule has 2 aromatic rings.